The van der Waals surface area contributed by atoms with Crippen molar-refractivity contribution < 1.29 is 9.69 Å². The molecular weight excluding hydrogens is 382 g/mol. The summed E-state index contributed by atoms with van der Waals surface area (Å²) in [5, 5.41) is 4.54. The van der Waals surface area contributed by atoms with E-state index in [9.17, 15) is 4.79 Å². The van der Waals surface area contributed by atoms with E-state index < -0.39 is 0 Å². The van der Waals surface area contributed by atoms with Gasteiger partial charge in [0.15, 0.2) is 12.5 Å². The number of nitrogens with one attached hydrogen (secondary N) is 1. The van der Waals surface area contributed by atoms with Crippen LogP contribution in [0, 0.1) is 11.7 Å². The number of carbonyl (C=O) groups excluding carboxylic acids is 1. The molecule has 2 heterocycles. The number of para-hydroxylation sites is 1. The van der Waals surface area contributed by atoms with Crippen LogP contribution in [0.15, 0.2) is 54.9 Å². The van der Waals surface area contributed by atoms with Gasteiger partial charge in [-0.1, -0.05) is 18.2 Å². The van der Waals surface area contributed by atoms with Gasteiger partial charge >= 0.3 is 0 Å². The lowest BCUT2D eigenvalue weighted by Gasteiger charge is -2.33. The van der Waals surface area contributed by atoms with Gasteiger partial charge in [0.05, 0.1) is 31.9 Å². The van der Waals surface area contributed by atoms with Crippen molar-refractivity contribution in [1.29, 1.82) is 0 Å². The number of Topliss-reactive ketones (excluding diaryl/α,β-unsaturated/α-hetero) is 1. The lowest BCUT2D eigenvalue weighted by molar-refractivity contribution is -0.924. The Morgan fingerprint density at radius 3 is 2.45 bits per heavy atom. The minimum Gasteiger partial charge on any atom is -0.360 e. The van der Waals surface area contributed by atoms with Crippen LogP contribution in [0.3, 0.4) is 0 Å². The van der Waals surface area contributed by atoms with Crippen molar-refractivity contribution in [1.82, 2.24) is 14.3 Å². The van der Waals surface area contributed by atoms with Gasteiger partial charge in [-0.05, 0) is 62.0 Å². The van der Waals surface area contributed by atoms with Crippen molar-refractivity contribution in [2.75, 3.05) is 31.1 Å². The molecule has 150 valence electrons. The first-order valence-electron chi connectivity index (χ1n) is 9.93. The van der Waals surface area contributed by atoms with E-state index in [4.69, 9.17) is 12.2 Å². The van der Waals surface area contributed by atoms with E-state index in [1.54, 1.807) is 6.92 Å². The Morgan fingerprint density at radius 1 is 1.10 bits per heavy atom. The molecule has 0 spiro atoms. The van der Waals surface area contributed by atoms with Crippen LogP contribution in [0.2, 0.25) is 0 Å². The highest BCUT2D eigenvalue weighted by Crippen LogP contribution is 2.16. The number of carbonyl (C=O) groups is 1. The van der Waals surface area contributed by atoms with Gasteiger partial charge in [-0.3, -0.25) is 9.36 Å². The van der Waals surface area contributed by atoms with Crippen LogP contribution in [0.1, 0.15) is 22.8 Å². The third-order valence-corrected chi connectivity index (χ3v) is 6.00. The Labute approximate surface area is 176 Å². The molecule has 0 atom stereocenters. The molecule has 0 unspecified atom stereocenters. The number of piperazine rings is 1. The van der Waals surface area contributed by atoms with E-state index in [-0.39, 0.29) is 5.78 Å². The Kier molecular flexibility index (Phi) is 5.60. The largest absolute Gasteiger partial charge is 0.360 e. The summed E-state index contributed by atoms with van der Waals surface area (Å²) >= 11 is 5.68. The molecule has 0 amide bonds. The molecule has 1 fully saturated rings. The molecule has 1 N–H and O–H groups in total. The fraction of sp³-hybridized carbons (Fsp3) is 0.318. The number of aryl methyl sites for hydroxylation is 1. The second-order valence-electron chi connectivity index (χ2n) is 7.57. The van der Waals surface area contributed by atoms with E-state index in [0.717, 1.165) is 48.9 Å². The van der Waals surface area contributed by atoms with Crippen LogP contribution in [0.5, 0.6) is 0 Å². The Balaban J connectivity index is 1.40. The number of hydrogen-bond acceptors (Lipinski definition) is 4. The Bertz CT molecular complexity index is 1060. The number of hydrogen-bond donors (Lipinski definition) is 1. The summed E-state index contributed by atoms with van der Waals surface area (Å²) in [5.41, 5.74) is 4.20. The second-order valence-corrected chi connectivity index (χ2v) is 7.93. The van der Waals surface area contributed by atoms with Gasteiger partial charge in [-0.15, -0.1) is 0 Å². The third kappa shape index (κ3) is 4.16. The lowest BCUT2D eigenvalue weighted by Crippen LogP contribution is -3.14. The topological polar surface area (TPSA) is 47.5 Å². The Hall–Kier alpha value is -2.77. The number of aromatic nitrogens is 3. The first kappa shape index (κ1) is 19.5. The van der Waals surface area contributed by atoms with Crippen molar-refractivity contribution in [3.63, 3.8) is 0 Å². The first-order chi connectivity index (χ1) is 14.0. The van der Waals surface area contributed by atoms with Crippen molar-refractivity contribution in [3.8, 4) is 5.69 Å². The van der Waals surface area contributed by atoms with Crippen molar-refractivity contribution in [2.24, 2.45) is 0 Å². The molecule has 2 aromatic carbocycles. The number of quaternary nitrogens is 1. The molecule has 3 aromatic rings. The molecule has 1 aliphatic heterocycles. The van der Waals surface area contributed by atoms with Gasteiger partial charge in [-0.25, -0.2) is 0 Å². The summed E-state index contributed by atoms with van der Waals surface area (Å²) in [5.74, 6) is 0.104. The van der Waals surface area contributed by atoms with Crippen LogP contribution in [-0.2, 0) is 6.67 Å². The Morgan fingerprint density at radius 2 is 1.79 bits per heavy atom. The fourth-order valence-corrected chi connectivity index (χ4v) is 4.06. The molecule has 1 aromatic heterocycles. The molecule has 7 heteroatoms. The average Bonchev–Trinajstić information content (AvgIpc) is 3.09. The number of anilines is 1. The van der Waals surface area contributed by atoms with Gasteiger partial charge in [0, 0.05) is 11.3 Å². The fourth-order valence-electron chi connectivity index (χ4n) is 3.80. The summed E-state index contributed by atoms with van der Waals surface area (Å²) in [6.07, 6.45) is 1.82. The molecule has 29 heavy (non-hydrogen) atoms. The highest BCUT2D eigenvalue weighted by atomic mass is 32.1. The number of nitrogens with zero attached hydrogens (tertiary/aromatic N) is 4. The van der Waals surface area contributed by atoms with E-state index in [0.29, 0.717) is 0 Å². The summed E-state index contributed by atoms with van der Waals surface area (Å²) in [4.78, 5) is 15.3. The van der Waals surface area contributed by atoms with E-state index in [1.807, 2.05) is 52.0 Å². The van der Waals surface area contributed by atoms with E-state index >= 15 is 0 Å². The predicted octanol–water partition coefficient (Wildman–Crippen LogP) is 2.28. The second kappa shape index (κ2) is 8.31. The highest BCUT2D eigenvalue weighted by molar-refractivity contribution is 7.71. The zero-order chi connectivity index (χ0) is 20.4. The van der Waals surface area contributed by atoms with Gasteiger partial charge in [0.2, 0.25) is 4.77 Å². The number of rotatable bonds is 5. The average molecular weight is 409 g/mol. The lowest BCUT2D eigenvalue weighted by atomic mass is 10.1. The predicted molar refractivity (Wildman–Crippen MR) is 116 cm³/mol. The van der Waals surface area contributed by atoms with Crippen molar-refractivity contribution in [3.05, 3.63) is 70.8 Å². The molecule has 0 radical (unpaired) electrons. The van der Waals surface area contributed by atoms with Crippen molar-refractivity contribution >= 4 is 23.7 Å². The zero-order valence-electron chi connectivity index (χ0n) is 16.8. The number of benzene rings is 2. The van der Waals surface area contributed by atoms with Crippen LogP contribution >= 0.6 is 12.2 Å². The van der Waals surface area contributed by atoms with Gasteiger partial charge in [0.25, 0.3) is 0 Å². The molecule has 6 nitrogen and oxygen atoms in total. The first-order valence-corrected chi connectivity index (χ1v) is 10.3. The SMILES string of the molecule is CC(=O)c1ccc(N2CC[NH+](Cn3ncn(-c4ccccc4C)c3=S)CC2)cc1. The summed E-state index contributed by atoms with van der Waals surface area (Å²) in [6.45, 7) is 8.45. The molecule has 0 aliphatic carbocycles. The standard InChI is InChI=1S/C22H25N5OS/c1-17-5-3-4-6-21(17)26-15-23-27(22(26)29)16-24-11-13-25(14-12-24)20-9-7-19(8-10-20)18(2)28/h3-10,15H,11-14,16H2,1-2H3/p+1. The van der Waals surface area contributed by atoms with Crippen LogP contribution < -0.4 is 9.80 Å². The maximum absolute atomic E-state index is 11.5. The maximum Gasteiger partial charge on any atom is 0.207 e. The van der Waals surface area contributed by atoms with Gasteiger partial charge in [-0.2, -0.15) is 9.78 Å². The maximum atomic E-state index is 11.5. The smallest absolute Gasteiger partial charge is 0.207 e. The van der Waals surface area contributed by atoms with E-state index in [1.165, 1.54) is 16.2 Å². The highest BCUT2D eigenvalue weighted by Gasteiger charge is 2.21. The minimum absolute atomic E-state index is 0.104. The monoisotopic (exact) mass is 408 g/mol. The molecule has 1 saturated heterocycles. The normalized spacial score (nSPS) is 14.9. The van der Waals surface area contributed by atoms with Crippen LogP contribution in [0.4, 0.5) is 5.69 Å². The molecule has 0 bridgehead atoms. The van der Waals surface area contributed by atoms with E-state index in [2.05, 4.69) is 29.1 Å². The summed E-state index contributed by atoms with van der Waals surface area (Å²) in [7, 11) is 0. The quantitative estimate of drug-likeness (QED) is 0.520. The zero-order valence-corrected chi connectivity index (χ0v) is 17.7. The minimum atomic E-state index is 0.104. The van der Waals surface area contributed by atoms with Crippen LogP contribution in [-0.4, -0.2) is 46.3 Å². The molecule has 1 aliphatic rings. The van der Waals surface area contributed by atoms with Gasteiger partial charge < -0.3 is 9.80 Å². The summed E-state index contributed by atoms with van der Waals surface area (Å²) < 4.78 is 4.64. The van der Waals surface area contributed by atoms with Gasteiger partial charge in [0.1, 0.15) is 6.33 Å². The number of ketones is 1. The summed E-state index contributed by atoms with van der Waals surface area (Å²) in [6, 6.07) is 16.1. The molecule has 4 rings (SSSR count). The van der Waals surface area contributed by atoms with Crippen LogP contribution in [0.25, 0.3) is 5.69 Å². The molecular formula is C22H26N5OS+. The molecule has 0 saturated carbocycles. The third-order valence-electron chi connectivity index (χ3n) is 5.59. The van der Waals surface area contributed by atoms with Crippen molar-refractivity contribution in [2.45, 2.75) is 20.5 Å².